The molecule has 0 radical (unpaired) electrons. The molecule has 0 atom stereocenters. The first kappa shape index (κ1) is 15.4. The second-order valence-electron chi connectivity index (χ2n) is 5.34. The van der Waals surface area contributed by atoms with E-state index in [4.69, 9.17) is 9.47 Å². The van der Waals surface area contributed by atoms with Gasteiger partial charge in [0.2, 0.25) is 0 Å². The van der Waals surface area contributed by atoms with Crippen molar-refractivity contribution in [2.45, 2.75) is 0 Å². The summed E-state index contributed by atoms with van der Waals surface area (Å²) >= 11 is 0. The molecule has 120 valence electrons. The lowest BCUT2D eigenvalue weighted by atomic mass is 10.2. The van der Waals surface area contributed by atoms with Crippen molar-refractivity contribution in [3.8, 4) is 17.2 Å². The molecule has 2 aromatic rings. The molecule has 1 fully saturated rings. The van der Waals surface area contributed by atoms with E-state index >= 15 is 0 Å². The highest BCUT2D eigenvalue weighted by Crippen LogP contribution is 2.24. The van der Waals surface area contributed by atoms with Gasteiger partial charge in [0.1, 0.15) is 17.2 Å². The minimum atomic E-state index is 0.0718. The Labute approximate surface area is 135 Å². The summed E-state index contributed by atoms with van der Waals surface area (Å²) in [5.74, 6) is 2.29. The fourth-order valence-electron chi connectivity index (χ4n) is 2.50. The third-order valence-corrected chi connectivity index (χ3v) is 3.80. The van der Waals surface area contributed by atoms with Crippen LogP contribution >= 0.6 is 0 Å². The number of nitrogens with one attached hydrogen (secondary N) is 1. The normalized spacial score (nSPS) is 14.4. The van der Waals surface area contributed by atoms with Gasteiger partial charge in [0.25, 0.3) is 5.91 Å². The summed E-state index contributed by atoms with van der Waals surface area (Å²) < 4.78 is 10.9. The van der Waals surface area contributed by atoms with Crippen LogP contribution in [0.2, 0.25) is 0 Å². The van der Waals surface area contributed by atoms with Crippen molar-refractivity contribution in [3.05, 3.63) is 54.1 Å². The minimum Gasteiger partial charge on any atom is -0.497 e. The maximum Gasteiger partial charge on any atom is 0.253 e. The Morgan fingerprint density at radius 3 is 2.00 bits per heavy atom. The number of ether oxygens (including phenoxy) is 2. The average molecular weight is 312 g/mol. The molecule has 1 N–H and O–H groups in total. The molecule has 1 heterocycles. The number of carbonyl (C=O) groups excluding carboxylic acids is 1. The molecule has 3 rings (SSSR count). The summed E-state index contributed by atoms with van der Waals surface area (Å²) in [6.07, 6.45) is 0. The molecule has 0 spiro atoms. The van der Waals surface area contributed by atoms with Gasteiger partial charge in [-0.25, -0.2) is 0 Å². The largest absolute Gasteiger partial charge is 0.497 e. The highest BCUT2D eigenvalue weighted by molar-refractivity contribution is 5.94. The van der Waals surface area contributed by atoms with Crippen LogP contribution in [0.4, 0.5) is 0 Å². The van der Waals surface area contributed by atoms with Gasteiger partial charge in [-0.3, -0.25) is 4.79 Å². The molecule has 2 aromatic carbocycles. The van der Waals surface area contributed by atoms with Crippen LogP contribution in [0.15, 0.2) is 48.5 Å². The molecular formula is C18H20N2O3. The van der Waals surface area contributed by atoms with Crippen molar-refractivity contribution in [1.82, 2.24) is 10.2 Å². The zero-order valence-corrected chi connectivity index (χ0v) is 13.1. The number of methoxy groups -OCH3 is 1. The monoisotopic (exact) mass is 312 g/mol. The topological polar surface area (TPSA) is 50.8 Å². The summed E-state index contributed by atoms with van der Waals surface area (Å²) in [5, 5.41) is 3.24. The van der Waals surface area contributed by atoms with Crippen LogP contribution in [0.3, 0.4) is 0 Å². The van der Waals surface area contributed by atoms with Gasteiger partial charge < -0.3 is 19.7 Å². The zero-order valence-electron chi connectivity index (χ0n) is 13.1. The van der Waals surface area contributed by atoms with Gasteiger partial charge in [0.05, 0.1) is 7.11 Å². The van der Waals surface area contributed by atoms with E-state index in [9.17, 15) is 4.79 Å². The first-order valence-electron chi connectivity index (χ1n) is 7.68. The predicted molar refractivity (Wildman–Crippen MR) is 88.3 cm³/mol. The van der Waals surface area contributed by atoms with Crippen LogP contribution in [0.5, 0.6) is 17.2 Å². The third kappa shape index (κ3) is 3.81. The quantitative estimate of drug-likeness (QED) is 0.942. The van der Waals surface area contributed by atoms with E-state index < -0.39 is 0 Å². The van der Waals surface area contributed by atoms with Gasteiger partial charge in [-0.2, -0.15) is 0 Å². The van der Waals surface area contributed by atoms with Gasteiger partial charge in [-0.1, -0.05) is 0 Å². The number of amides is 1. The van der Waals surface area contributed by atoms with Gasteiger partial charge in [0.15, 0.2) is 0 Å². The fraction of sp³-hybridized carbons (Fsp3) is 0.278. The molecule has 5 nitrogen and oxygen atoms in total. The number of piperazine rings is 1. The lowest BCUT2D eigenvalue weighted by Gasteiger charge is -2.27. The smallest absolute Gasteiger partial charge is 0.253 e. The van der Waals surface area contributed by atoms with Gasteiger partial charge in [-0.15, -0.1) is 0 Å². The second-order valence-corrected chi connectivity index (χ2v) is 5.34. The molecule has 1 saturated heterocycles. The Kier molecular flexibility index (Phi) is 4.78. The van der Waals surface area contributed by atoms with E-state index in [1.165, 1.54) is 0 Å². The molecule has 0 bridgehead atoms. The minimum absolute atomic E-state index is 0.0718. The molecule has 23 heavy (non-hydrogen) atoms. The van der Waals surface area contributed by atoms with Crippen LogP contribution in [-0.4, -0.2) is 44.1 Å². The van der Waals surface area contributed by atoms with Crippen LogP contribution in [-0.2, 0) is 0 Å². The Morgan fingerprint density at radius 1 is 0.913 bits per heavy atom. The number of carbonyl (C=O) groups is 1. The number of nitrogens with zero attached hydrogens (tertiary/aromatic N) is 1. The van der Waals surface area contributed by atoms with Crippen molar-refractivity contribution < 1.29 is 14.3 Å². The van der Waals surface area contributed by atoms with E-state index in [-0.39, 0.29) is 5.91 Å². The van der Waals surface area contributed by atoms with Crippen LogP contribution in [0, 0.1) is 0 Å². The molecule has 0 aliphatic carbocycles. The molecule has 0 aromatic heterocycles. The number of rotatable bonds is 4. The van der Waals surface area contributed by atoms with Crippen molar-refractivity contribution in [2.75, 3.05) is 33.3 Å². The fourth-order valence-corrected chi connectivity index (χ4v) is 2.50. The Morgan fingerprint density at radius 2 is 1.43 bits per heavy atom. The summed E-state index contributed by atoms with van der Waals surface area (Å²) in [4.78, 5) is 14.3. The summed E-state index contributed by atoms with van der Waals surface area (Å²) in [6.45, 7) is 3.21. The lowest BCUT2D eigenvalue weighted by Crippen LogP contribution is -2.46. The standard InChI is InChI=1S/C18H20N2O3/c1-22-15-6-8-17(9-7-15)23-16-4-2-14(3-5-16)18(21)20-12-10-19-11-13-20/h2-9,19H,10-13H2,1H3. The Bertz CT molecular complexity index is 647. The van der Waals surface area contributed by atoms with Crippen LogP contribution in [0.25, 0.3) is 0 Å². The summed E-state index contributed by atoms with van der Waals surface area (Å²) in [7, 11) is 1.63. The molecule has 1 aliphatic rings. The second kappa shape index (κ2) is 7.15. The first-order valence-corrected chi connectivity index (χ1v) is 7.68. The third-order valence-electron chi connectivity index (χ3n) is 3.80. The van der Waals surface area contributed by atoms with Crippen molar-refractivity contribution >= 4 is 5.91 Å². The van der Waals surface area contributed by atoms with E-state index in [1.807, 2.05) is 53.4 Å². The Balaban J connectivity index is 1.65. The maximum absolute atomic E-state index is 12.4. The molecule has 0 unspecified atom stereocenters. The van der Waals surface area contributed by atoms with Gasteiger partial charge in [0, 0.05) is 31.7 Å². The van der Waals surface area contributed by atoms with E-state index in [0.717, 1.165) is 37.7 Å². The van der Waals surface area contributed by atoms with E-state index in [1.54, 1.807) is 7.11 Å². The first-order chi connectivity index (χ1) is 11.3. The molecule has 1 amide bonds. The van der Waals surface area contributed by atoms with Crippen molar-refractivity contribution in [3.63, 3.8) is 0 Å². The van der Waals surface area contributed by atoms with E-state index in [0.29, 0.717) is 11.3 Å². The van der Waals surface area contributed by atoms with Gasteiger partial charge >= 0.3 is 0 Å². The number of benzene rings is 2. The van der Waals surface area contributed by atoms with Crippen molar-refractivity contribution in [2.24, 2.45) is 0 Å². The highest BCUT2D eigenvalue weighted by atomic mass is 16.5. The number of hydrogen-bond acceptors (Lipinski definition) is 4. The van der Waals surface area contributed by atoms with Gasteiger partial charge in [-0.05, 0) is 48.5 Å². The highest BCUT2D eigenvalue weighted by Gasteiger charge is 2.17. The van der Waals surface area contributed by atoms with E-state index in [2.05, 4.69) is 5.32 Å². The molecule has 0 saturated carbocycles. The zero-order chi connectivity index (χ0) is 16.1. The molecule has 5 heteroatoms. The molecule has 1 aliphatic heterocycles. The van der Waals surface area contributed by atoms with Crippen LogP contribution < -0.4 is 14.8 Å². The maximum atomic E-state index is 12.4. The number of hydrogen-bond donors (Lipinski definition) is 1. The summed E-state index contributed by atoms with van der Waals surface area (Å²) in [6, 6.07) is 14.6. The SMILES string of the molecule is COc1ccc(Oc2ccc(C(=O)N3CCNCC3)cc2)cc1. The van der Waals surface area contributed by atoms with Crippen LogP contribution in [0.1, 0.15) is 10.4 Å². The molecular weight excluding hydrogens is 292 g/mol. The lowest BCUT2D eigenvalue weighted by molar-refractivity contribution is 0.0736. The summed E-state index contributed by atoms with van der Waals surface area (Å²) in [5.41, 5.74) is 0.689. The van der Waals surface area contributed by atoms with Crippen molar-refractivity contribution in [1.29, 1.82) is 0 Å². The predicted octanol–water partition coefficient (Wildman–Crippen LogP) is 2.53. The average Bonchev–Trinajstić information content (AvgIpc) is 2.63. The Hall–Kier alpha value is -2.53.